The van der Waals surface area contributed by atoms with Gasteiger partial charge in [0.15, 0.2) is 0 Å². The van der Waals surface area contributed by atoms with Crippen molar-refractivity contribution < 1.29 is 0 Å². The fourth-order valence-electron chi connectivity index (χ4n) is 5.35. The molecular weight excluding hydrogens is 420 g/mol. The molecular formula is C28H28N6. The fraction of sp³-hybridized carbons (Fsp3) is 0.357. The molecule has 1 fully saturated rings. The van der Waals surface area contributed by atoms with Gasteiger partial charge in [0.05, 0.1) is 29.3 Å². The Balaban J connectivity index is 1.33. The highest BCUT2D eigenvalue weighted by Gasteiger charge is 2.27. The molecule has 1 aliphatic carbocycles. The van der Waals surface area contributed by atoms with Crippen LogP contribution < -0.4 is 0 Å². The van der Waals surface area contributed by atoms with Crippen LogP contribution in [0.15, 0.2) is 36.4 Å². The smallest absolute Gasteiger partial charge is 0.138 e. The first-order valence-corrected chi connectivity index (χ1v) is 11.9. The van der Waals surface area contributed by atoms with Crippen molar-refractivity contribution in [2.24, 2.45) is 5.92 Å². The molecule has 5 rings (SSSR count). The van der Waals surface area contributed by atoms with E-state index in [1.807, 2.05) is 12.1 Å². The minimum absolute atomic E-state index is 0.0258. The highest BCUT2D eigenvalue weighted by atomic mass is 15.2. The summed E-state index contributed by atoms with van der Waals surface area (Å²) in [6.45, 7) is 5.85. The first-order chi connectivity index (χ1) is 16.5. The predicted molar refractivity (Wildman–Crippen MR) is 132 cm³/mol. The number of hydrogen-bond acceptors (Lipinski definition) is 4. The molecule has 0 saturated carbocycles. The van der Waals surface area contributed by atoms with Gasteiger partial charge in [0.1, 0.15) is 11.7 Å². The lowest BCUT2D eigenvalue weighted by Gasteiger charge is -2.34. The summed E-state index contributed by atoms with van der Waals surface area (Å²) in [5.41, 5.74) is 8.27. The molecule has 0 bridgehead atoms. The van der Waals surface area contributed by atoms with E-state index in [-0.39, 0.29) is 5.92 Å². The summed E-state index contributed by atoms with van der Waals surface area (Å²) < 4.78 is 0. The molecule has 1 unspecified atom stereocenters. The maximum absolute atomic E-state index is 9.21. The van der Waals surface area contributed by atoms with Gasteiger partial charge < -0.3 is 9.88 Å². The molecule has 1 aliphatic heterocycles. The van der Waals surface area contributed by atoms with E-state index in [2.05, 4.69) is 60.1 Å². The zero-order chi connectivity index (χ0) is 23.8. The predicted octanol–water partition coefficient (Wildman–Crippen LogP) is 5.01. The SMILES string of the molecule is Cc1cc(C)c(-c2nc3c([nH]2)CC(C#N)C3)cc1C(=N)N1CCC(c2ccc(C#N)cc2)CC1. The average Bonchev–Trinajstić information content (AvgIpc) is 3.43. The quantitative estimate of drug-likeness (QED) is 0.434. The van der Waals surface area contributed by atoms with Crippen molar-refractivity contribution in [2.75, 3.05) is 13.1 Å². The summed E-state index contributed by atoms with van der Waals surface area (Å²) in [5.74, 6) is 1.90. The van der Waals surface area contributed by atoms with Gasteiger partial charge in [-0.1, -0.05) is 18.2 Å². The second-order valence-electron chi connectivity index (χ2n) is 9.57. The number of nitriles is 2. The Morgan fingerprint density at radius 1 is 1.06 bits per heavy atom. The summed E-state index contributed by atoms with van der Waals surface area (Å²) in [6.07, 6.45) is 3.44. The monoisotopic (exact) mass is 448 g/mol. The molecule has 1 saturated heterocycles. The summed E-state index contributed by atoms with van der Waals surface area (Å²) in [4.78, 5) is 10.4. The number of likely N-dealkylation sites (tertiary alicyclic amines) is 1. The fourth-order valence-corrected chi connectivity index (χ4v) is 5.35. The Morgan fingerprint density at radius 3 is 2.44 bits per heavy atom. The molecule has 1 aromatic heterocycles. The van der Waals surface area contributed by atoms with Crippen LogP contribution in [0.1, 0.15) is 58.0 Å². The third-order valence-electron chi connectivity index (χ3n) is 7.34. The number of fused-ring (bicyclic) bond motifs is 1. The van der Waals surface area contributed by atoms with Crippen LogP contribution in [-0.4, -0.2) is 33.8 Å². The summed E-state index contributed by atoms with van der Waals surface area (Å²) >= 11 is 0. The van der Waals surface area contributed by atoms with Gasteiger partial charge in [0.2, 0.25) is 0 Å². The number of amidine groups is 1. The number of aromatic amines is 1. The van der Waals surface area contributed by atoms with E-state index in [0.29, 0.717) is 23.7 Å². The van der Waals surface area contributed by atoms with E-state index in [0.717, 1.165) is 71.8 Å². The van der Waals surface area contributed by atoms with Gasteiger partial charge in [-0.05, 0) is 67.5 Å². The average molecular weight is 449 g/mol. The van der Waals surface area contributed by atoms with Gasteiger partial charge in [-0.3, -0.25) is 5.41 Å². The van der Waals surface area contributed by atoms with Gasteiger partial charge in [0.25, 0.3) is 0 Å². The number of benzene rings is 2. The van der Waals surface area contributed by atoms with E-state index in [9.17, 15) is 5.26 Å². The van der Waals surface area contributed by atoms with Crippen molar-refractivity contribution in [2.45, 2.75) is 45.4 Å². The number of nitrogens with zero attached hydrogens (tertiary/aromatic N) is 4. The highest BCUT2D eigenvalue weighted by Crippen LogP contribution is 2.32. The molecule has 0 amide bonds. The van der Waals surface area contributed by atoms with Crippen LogP contribution in [0.2, 0.25) is 0 Å². The van der Waals surface area contributed by atoms with Crippen molar-refractivity contribution in [3.05, 3.63) is 75.6 Å². The van der Waals surface area contributed by atoms with Crippen molar-refractivity contribution in [3.8, 4) is 23.5 Å². The summed E-state index contributed by atoms with van der Waals surface area (Å²) in [6, 6.07) is 16.7. The Labute approximate surface area is 200 Å². The zero-order valence-corrected chi connectivity index (χ0v) is 19.7. The second-order valence-corrected chi connectivity index (χ2v) is 9.57. The van der Waals surface area contributed by atoms with Crippen LogP contribution in [0.3, 0.4) is 0 Å². The van der Waals surface area contributed by atoms with Crippen molar-refractivity contribution in [1.29, 1.82) is 15.9 Å². The topological polar surface area (TPSA) is 103 Å². The first-order valence-electron chi connectivity index (χ1n) is 11.9. The van der Waals surface area contributed by atoms with E-state index in [1.165, 1.54) is 5.56 Å². The van der Waals surface area contributed by atoms with Gasteiger partial charge in [-0.2, -0.15) is 10.5 Å². The number of imidazole rings is 1. The van der Waals surface area contributed by atoms with Crippen LogP contribution in [0.5, 0.6) is 0 Å². The summed E-state index contributed by atoms with van der Waals surface area (Å²) in [7, 11) is 0. The van der Waals surface area contributed by atoms with Gasteiger partial charge in [-0.25, -0.2) is 4.98 Å². The third kappa shape index (κ3) is 3.97. The molecule has 2 aromatic carbocycles. The molecule has 170 valence electrons. The normalized spacial score (nSPS) is 16.2. The standard InChI is InChI=1S/C28H28N6/c1-17-11-18(2)24(28-32-25-12-20(16-30)13-26(25)33-28)14-23(17)27(31)34-9-7-22(8-10-34)21-5-3-19(15-29)4-6-21/h3-6,11,14,20,22,31H,7-10,12-13H2,1-2H3,(H,32,33). The Bertz CT molecular complexity index is 1300. The highest BCUT2D eigenvalue weighted by molar-refractivity contribution is 5.99. The molecule has 2 heterocycles. The molecule has 2 N–H and O–H groups in total. The van der Waals surface area contributed by atoms with E-state index >= 15 is 0 Å². The third-order valence-corrected chi connectivity index (χ3v) is 7.34. The lowest BCUT2D eigenvalue weighted by molar-refractivity contribution is 0.312. The van der Waals surface area contributed by atoms with E-state index in [1.54, 1.807) is 0 Å². The van der Waals surface area contributed by atoms with E-state index in [4.69, 9.17) is 15.7 Å². The molecule has 1 atom stereocenters. The van der Waals surface area contributed by atoms with Crippen molar-refractivity contribution in [1.82, 2.24) is 14.9 Å². The molecule has 6 heteroatoms. The number of piperidine rings is 1. The molecule has 0 spiro atoms. The Hall–Kier alpha value is -3.90. The van der Waals surface area contributed by atoms with Crippen LogP contribution >= 0.6 is 0 Å². The maximum Gasteiger partial charge on any atom is 0.138 e. The minimum Gasteiger partial charge on any atom is -0.357 e. The van der Waals surface area contributed by atoms with Crippen LogP contribution in [-0.2, 0) is 12.8 Å². The first kappa shape index (κ1) is 21.9. The van der Waals surface area contributed by atoms with Crippen molar-refractivity contribution in [3.63, 3.8) is 0 Å². The maximum atomic E-state index is 9.21. The molecule has 0 radical (unpaired) electrons. The number of aromatic nitrogens is 2. The van der Waals surface area contributed by atoms with E-state index < -0.39 is 0 Å². The Kier molecular flexibility index (Phi) is 5.67. The number of H-pyrrole nitrogens is 1. The van der Waals surface area contributed by atoms with Gasteiger partial charge in [-0.15, -0.1) is 0 Å². The largest absolute Gasteiger partial charge is 0.357 e. The molecule has 3 aromatic rings. The van der Waals surface area contributed by atoms with Crippen LogP contribution in [0, 0.1) is 47.8 Å². The Morgan fingerprint density at radius 2 is 1.79 bits per heavy atom. The second kappa shape index (κ2) is 8.80. The molecule has 6 nitrogen and oxygen atoms in total. The minimum atomic E-state index is 0.0258. The number of rotatable bonds is 3. The molecule has 2 aliphatic rings. The van der Waals surface area contributed by atoms with Crippen LogP contribution in [0.25, 0.3) is 11.4 Å². The van der Waals surface area contributed by atoms with Gasteiger partial charge in [0, 0.05) is 42.8 Å². The lowest BCUT2D eigenvalue weighted by Crippen LogP contribution is -2.38. The van der Waals surface area contributed by atoms with Crippen LogP contribution in [0.4, 0.5) is 0 Å². The molecule has 34 heavy (non-hydrogen) atoms. The zero-order valence-electron chi connectivity index (χ0n) is 19.7. The lowest BCUT2D eigenvalue weighted by atomic mass is 9.88. The summed E-state index contributed by atoms with van der Waals surface area (Å²) in [5, 5.41) is 27.2. The van der Waals surface area contributed by atoms with Gasteiger partial charge >= 0.3 is 0 Å². The van der Waals surface area contributed by atoms with Crippen molar-refractivity contribution >= 4 is 5.84 Å². The number of hydrogen-bond donors (Lipinski definition) is 2. The number of nitrogens with one attached hydrogen (secondary N) is 2. The number of aryl methyl sites for hydroxylation is 2.